The highest BCUT2D eigenvalue weighted by Crippen LogP contribution is 2.35. The van der Waals surface area contributed by atoms with Crippen LogP contribution < -0.4 is 10.1 Å². The largest absolute Gasteiger partial charge is 0.496 e. The summed E-state index contributed by atoms with van der Waals surface area (Å²) in [5, 5.41) is 13.3. The van der Waals surface area contributed by atoms with E-state index in [9.17, 15) is 14.7 Å². The molecule has 0 saturated heterocycles. The van der Waals surface area contributed by atoms with Crippen molar-refractivity contribution < 1.29 is 24.2 Å². The van der Waals surface area contributed by atoms with Crippen LogP contribution in [0.15, 0.2) is 42.6 Å². The zero-order valence-corrected chi connectivity index (χ0v) is 19.4. The number of benzene rings is 2. The van der Waals surface area contributed by atoms with Crippen LogP contribution in [0.2, 0.25) is 0 Å². The average Bonchev–Trinajstić information content (AvgIpc) is 3.38. The molecule has 2 N–H and O–H groups in total. The van der Waals surface area contributed by atoms with Crippen molar-refractivity contribution in [1.82, 2.24) is 4.57 Å². The zero-order chi connectivity index (χ0) is 23.7. The Morgan fingerprint density at radius 3 is 2.56 bits per heavy atom. The van der Waals surface area contributed by atoms with Crippen molar-refractivity contribution in [2.75, 3.05) is 12.4 Å². The second-order valence-corrected chi connectivity index (χ2v) is 9.43. The third-order valence-corrected chi connectivity index (χ3v) is 6.85. The molecule has 34 heavy (non-hydrogen) atoms. The fourth-order valence-corrected chi connectivity index (χ4v) is 4.85. The van der Waals surface area contributed by atoms with E-state index in [-0.39, 0.29) is 11.7 Å². The molecule has 5 rings (SSSR count). The van der Waals surface area contributed by atoms with Gasteiger partial charge in [0.05, 0.1) is 12.7 Å². The van der Waals surface area contributed by atoms with Crippen LogP contribution in [-0.4, -0.2) is 34.9 Å². The van der Waals surface area contributed by atoms with Gasteiger partial charge in [-0.05, 0) is 85.9 Å². The first kappa shape index (κ1) is 22.3. The molecule has 0 atom stereocenters. The highest BCUT2D eigenvalue weighted by molar-refractivity contribution is 5.92. The molecule has 2 aromatic carbocycles. The van der Waals surface area contributed by atoms with Crippen LogP contribution in [0.4, 0.5) is 10.5 Å². The second-order valence-electron chi connectivity index (χ2n) is 9.43. The minimum atomic E-state index is -0.980. The van der Waals surface area contributed by atoms with Crippen molar-refractivity contribution in [3.63, 3.8) is 0 Å². The van der Waals surface area contributed by atoms with Crippen molar-refractivity contribution in [1.29, 1.82) is 0 Å². The number of ether oxygens (including phenoxy) is 2. The monoisotopic (exact) mass is 462 g/mol. The van der Waals surface area contributed by atoms with Crippen LogP contribution in [0.1, 0.15) is 60.0 Å². The maximum atomic E-state index is 12.4. The number of nitrogens with zero attached hydrogens (tertiary/aromatic N) is 1. The van der Waals surface area contributed by atoms with Gasteiger partial charge < -0.3 is 19.1 Å². The first-order chi connectivity index (χ1) is 16.5. The number of carboxylic acid groups (broad SMARTS) is 1. The average molecular weight is 463 g/mol. The van der Waals surface area contributed by atoms with Crippen LogP contribution >= 0.6 is 0 Å². The third kappa shape index (κ3) is 4.88. The van der Waals surface area contributed by atoms with Gasteiger partial charge in [0.2, 0.25) is 0 Å². The molecular formula is C27H30N2O5. The maximum absolute atomic E-state index is 12.4. The summed E-state index contributed by atoms with van der Waals surface area (Å²) in [7, 11) is 1.55. The number of fused-ring (bicyclic) bond motifs is 1. The number of carboxylic acids is 1. The Kier molecular flexibility index (Phi) is 6.18. The summed E-state index contributed by atoms with van der Waals surface area (Å²) in [5.74, 6) is 0.288. The van der Waals surface area contributed by atoms with Gasteiger partial charge in [-0.25, -0.2) is 9.59 Å². The number of anilines is 1. The molecule has 0 unspecified atom stereocenters. The number of aromatic carboxylic acids is 1. The molecule has 0 aliphatic heterocycles. The smallest absolute Gasteiger partial charge is 0.411 e. The molecule has 0 spiro atoms. The molecule has 2 saturated carbocycles. The Bertz CT molecular complexity index is 1220. The predicted molar refractivity (Wildman–Crippen MR) is 130 cm³/mol. The van der Waals surface area contributed by atoms with Gasteiger partial charge in [0.25, 0.3) is 0 Å². The molecule has 7 heteroatoms. The van der Waals surface area contributed by atoms with E-state index in [1.54, 1.807) is 19.2 Å². The van der Waals surface area contributed by atoms with Crippen LogP contribution in [0.3, 0.4) is 0 Å². The van der Waals surface area contributed by atoms with Crippen molar-refractivity contribution in [3.8, 4) is 5.75 Å². The first-order valence-corrected chi connectivity index (χ1v) is 12.0. The number of nitrogens with one attached hydrogen (secondary N) is 1. The molecule has 1 heterocycles. The van der Waals surface area contributed by atoms with Gasteiger partial charge in [-0.15, -0.1) is 0 Å². The Balaban J connectivity index is 1.44. The fourth-order valence-electron chi connectivity index (χ4n) is 4.85. The molecule has 2 fully saturated rings. The number of methoxy groups -OCH3 is 1. The number of rotatable bonds is 8. The van der Waals surface area contributed by atoms with Gasteiger partial charge in [-0.2, -0.15) is 0 Å². The van der Waals surface area contributed by atoms with Gasteiger partial charge in [-0.1, -0.05) is 6.07 Å². The van der Waals surface area contributed by atoms with Crippen LogP contribution in [0.25, 0.3) is 10.9 Å². The Morgan fingerprint density at radius 2 is 1.85 bits per heavy atom. The standard InChI is InChI=1S/C27H30N2O5/c1-33-25-13-19(26(30)31)9-8-18(25)12-20-16-29(15-17-6-7-17)24-11-10-21(14-23(20)24)28-27(32)34-22-4-2-3-5-22/h8-11,13-14,16-17,22H,2-7,12,15H2,1H3,(H,28,32)(H,30,31). The summed E-state index contributed by atoms with van der Waals surface area (Å²) >= 11 is 0. The summed E-state index contributed by atoms with van der Waals surface area (Å²) in [6.07, 6.45) is 8.97. The van der Waals surface area contributed by atoms with E-state index in [0.717, 1.165) is 54.3 Å². The second kappa shape index (κ2) is 9.41. The van der Waals surface area contributed by atoms with Crippen LogP contribution in [-0.2, 0) is 17.7 Å². The lowest BCUT2D eigenvalue weighted by molar-refractivity contribution is 0.0696. The van der Waals surface area contributed by atoms with E-state index in [2.05, 4.69) is 22.1 Å². The molecule has 2 aliphatic carbocycles. The van der Waals surface area contributed by atoms with Gasteiger partial charge in [-0.3, -0.25) is 5.32 Å². The van der Waals surface area contributed by atoms with Crippen molar-refractivity contribution >= 4 is 28.7 Å². The number of carbonyl (C=O) groups is 2. The summed E-state index contributed by atoms with van der Waals surface area (Å²) in [6.45, 7) is 0.974. The van der Waals surface area contributed by atoms with E-state index in [1.807, 2.05) is 18.2 Å². The fraction of sp³-hybridized carbons (Fsp3) is 0.407. The number of hydrogen-bond acceptors (Lipinski definition) is 4. The predicted octanol–water partition coefficient (Wildman–Crippen LogP) is 5.84. The molecule has 0 radical (unpaired) electrons. The summed E-state index contributed by atoms with van der Waals surface area (Å²) in [4.78, 5) is 23.8. The van der Waals surface area contributed by atoms with E-state index >= 15 is 0 Å². The SMILES string of the molecule is COc1cc(C(=O)O)ccc1Cc1cn(CC2CC2)c2ccc(NC(=O)OC3CCCC3)cc12. The van der Waals surface area contributed by atoms with E-state index in [4.69, 9.17) is 9.47 Å². The van der Waals surface area contributed by atoms with Gasteiger partial charge in [0, 0.05) is 35.8 Å². The van der Waals surface area contributed by atoms with Gasteiger partial charge >= 0.3 is 12.1 Å². The quantitative estimate of drug-likeness (QED) is 0.439. The van der Waals surface area contributed by atoms with Crippen LogP contribution in [0, 0.1) is 5.92 Å². The number of hydrogen-bond donors (Lipinski definition) is 2. The highest BCUT2D eigenvalue weighted by atomic mass is 16.6. The minimum Gasteiger partial charge on any atom is -0.496 e. The highest BCUT2D eigenvalue weighted by Gasteiger charge is 2.24. The number of carbonyl (C=O) groups excluding carboxylic acids is 1. The topological polar surface area (TPSA) is 89.8 Å². The maximum Gasteiger partial charge on any atom is 0.411 e. The van der Waals surface area contributed by atoms with Crippen molar-refractivity contribution in [3.05, 3.63) is 59.3 Å². The Labute approximate surface area is 198 Å². The van der Waals surface area contributed by atoms with Gasteiger partial charge in [0.1, 0.15) is 11.9 Å². The van der Waals surface area contributed by atoms with E-state index < -0.39 is 12.1 Å². The molecule has 3 aromatic rings. The molecule has 1 amide bonds. The van der Waals surface area contributed by atoms with Crippen molar-refractivity contribution in [2.45, 2.75) is 57.6 Å². The van der Waals surface area contributed by atoms with Crippen molar-refractivity contribution in [2.24, 2.45) is 5.92 Å². The Hall–Kier alpha value is -3.48. The number of aromatic nitrogens is 1. The molecule has 178 valence electrons. The summed E-state index contributed by atoms with van der Waals surface area (Å²) < 4.78 is 13.4. The summed E-state index contributed by atoms with van der Waals surface area (Å²) in [5.41, 5.74) is 4.04. The molecular weight excluding hydrogens is 432 g/mol. The lowest BCUT2D eigenvalue weighted by Gasteiger charge is -2.13. The lowest BCUT2D eigenvalue weighted by Crippen LogP contribution is -2.20. The molecule has 1 aromatic heterocycles. The Morgan fingerprint density at radius 1 is 1.06 bits per heavy atom. The molecule has 2 aliphatic rings. The normalized spacial score (nSPS) is 16.0. The molecule has 0 bridgehead atoms. The van der Waals surface area contributed by atoms with E-state index in [1.165, 1.54) is 12.8 Å². The van der Waals surface area contributed by atoms with Gasteiger partial charge in [0.15, 0.2) is 0 Å². The number of amides is 1. The third-order valence-electron chi connectivity index (χ3n) is 6.85. The first-order valence-electron chi connectivity index (χ1n) is 12.0. The summed E-state index contributed by atoms with van der Waals surface area (Å²) in [6, 6.07) is 11.0. The molecule has 7 nitrogen and oxygen atoms in total. The minimum absolute atomic E-state index is 0.0140. The van der Waals surface area contributed by atoms with Crippen LogP contribution in [0.5, 0.6) is 5.75 Å². The van der Waals surface area contributed by atoms with E-state index in [0.29, 0.717) is 23.8 Å². The lowest BCUT2D eigenvalue weighted by atomic mass is 10.0. The zero-order valence-electron chi connectivity index (χ0n) is 19.4.